The molecule has 3 heteroatoms. The first kappa shape index (κ1) is 7.65. The van der Waals surface area contributed by atoms with Crippen LogP contribution in [0.3, 0.4) is 0 Å². The smallest absolute Gasteiger partial charge is 0.252 e. The minimum atomic E-state index is 0.770. The topological polar surface area (TPSA) is 45.7 Å². The monoisotopic (exact) mass is 166 g/mol. The number of nitrogens with zero attached hydrogens (tertiary/aromatic N) is 1. The zero-order valence-electron chi connectivity index (χ0n) is 7.51. The van der Waals surface area contributed by atoms with Gasteiger partial charge in [0.15, 0.2) is 6.20 Å². The zero-order chi connectivity index (χ0) is 8.55. The molecule has 1 aliphatic rings. The average Bonchev–Trinajstić information content (AvgIpc) is 2.21. The summed E-state index contributed by atoms with van der Waals surface area (Å²) in [6.45, 7) is 3.20. The van der Waals surface area contributed by atoms with Gasteiger partial charge in [-0.25, -0.2) is 9.55 Å². The number of anilines is 1. The predicted octanol–water partition coefficient (Wildman–Crippen LogP) is 0.993. The van der Waals surface area contributed by atoms with Crippen LogP contribution in [0.5, 0.6) is 0 Å². The van der Waals surface area contributed by atoms with Crippen molar-refractivity contribution in [2.45, 2.75) is 32.7 Å². The fourth-order valence-electron chi connectivity index (χ4n) is 1.72. The lowest BCUT2D eigenvalue weighted by Gasteiger charge is -2.23. The largest absolute Gasteiger partial charge is 0.363 e. The summed E-state index contributed by atoms with van der Waals surface area (Å²) in [5.74, 6) is 2.83. The molecule has 3 N–H and O–H groups in total. The maximum absolute atomic E-state index is 5.64. The fourth-order valence-corrected chi connectivity index (χ4v) is 1.72. The lowest BCUT2D eigenvalue weighted by atomic mass is 9.85. The van der Waals surface area contributed by atoms with E-state index in [1.54, 1.807) is 0 Å². The van der Waals surface area contributed by atoms with Crippen LogP contribution in [0.1, 0.15) is 25.1 Å². The summed E-state index contributed by atoms with van der Waals surface area (Å²) >= 11 is 0. The van der Waals surface area contributed by atoms with E-state index >= 15 is 0 Å². The number of hydrogen-bond donors (Lipinski definition) is 2. The number of nitrogen functional groups attached to an aromatic ring is 1. The van der Waals surface area contributed by atoms with Crippen molar-refractivity contribution in [1.29, 1.82) is 0 Å². The van der Waals surface area contributed by atoms with Crippen LogP contribution < -0.4 is 10.3 Å². The number of H-pyrrole nitrogens is 1. The molecule has 2 rings (SSSR count). The van der Waals surface area contributed by atoms with Crippen LogP contribution in [-0.4, -0.2) is 4.98 Å². The molecule has 0 saturated heterocycles. The Morgan fingerprint density at radius 3 is 2.83 bits per heavy atom. The first-order valence-electron chi connectivity index (χ1n) is 4.60. The molecule has 1 fully saturated rings. The van der Waals surface area contributed by atoms with E-state index in [4.69, 9.17) is 5.73 Å². The number of aromatic amines is 1. The zero-order valence-corrected chi connectivity index (χ0v) is 7.51. The molecule has 0 aliphatic heterocycles. The van der Waals surface area contributed by atoms with Crippen molar-refractivity contribution in [1.82, 2.24) is 4.98 Å². The molecule has 66 valence electrons. The molecule has 1 saturated carbocycles. The molecule has 0 bridgehead atoms. The molecule has 0 radical (unpaired) electrons. The third-order valence-electron chi connectivity index (χ3n) is 2.73. The van der Waals surface area contributed by atoms with E-state index < -0.39 is 0 Å². The molecule has 1 aromatic rings. The van der Waals surface area contributed by atoms with Crippen LogP contribution in [0, 0.1) is 12.8 Å². The van der Waals surface area contributed by atoms with Gasteiger partial charge in [-0.1, -0.05) is 6.42 Å². The van der Waals surface area contributed by atoms with Crippen molar-refractivity contribution >= 4 is 5.82 Å². The maximum Gasteiger partial charge on any atom is 0.252 e. The van der Waals surface area contributed by atoms with Gasteiger partial charge in [0.1, 0.15) is 0 Å². The van der Waals surface area contributed by atoms with Crippen molar-refractivity contribution < 1.29 is 4.57 Å². The minimum Gasteiger partial charge on any atom is -0.363 e. The van der Waals surface area contributed by atoms with Gasteiger partial charge in [0, 0.05) is 6.92 Å². The number of rotatable bonds is 2. The molecule has 0 atom stereocenters. The van der Waals surface area contributed by atoms with E-state index in [1.165, 1.54) is 25.1 Å². The molecule has 0 amide bonds. The molecule has 0 spiro atoms. The molecule has 1 aromatic heterocycles. The van der Waals surface area contributed by atoms with Crippen molar-refractivity contribution in [3.8, 4) is 0 Å². The highest BCUT2D eigenvalue weighted by atomic mass is 15.1. The van der Waals surface area contributed by atoms with Gasteiger partial charge in [0.25, 0.3) is 5.82 Å². The number of aromatic nitrogens is 2. The second-order valence-corrected chi connectivity index (χ2v) is 3.74. The quantitative estimate of drug-likeness (QED) is 0.632. The van der Waals surface area contributed by atoms with Crippen LogP contribution >= 0.6 is 0 Å². The van der Waals surface area contributed by atoms with E-state index in [1.807, 2.05) is 6.20 Å². The van der Waals surface area contributed by atoms with Crippen LogP contribution in [0.25, 0.3) is 0 Å². The summed E-state index contributed by atoms with van der Waals surface area (Å²) < 4.78 is 2.22. The summed E-state index contributed by atoms with van der Waals surface area (Å²) in [5, 5.41) is 0. The van der Waals surface area contributed by atoms with E-state index in [2.05, 4.69) is 16.5 Å². The van der Waals surface area contributed by atoms with Crippen molar-refractivity contribution in [2.24, 2.45) is 5.92 Å². The molecular weight excluding hydrogens is 150 g/mol. The van der Waals surface area contributed by atoms with Gasteiger partial charge in [0.2, 0.25) is 5.82 Å². The van der Waals surface area contributed by atoms with E-state index in [9.17, 15) is 0 Å². The lowest BCUT2D eigenvalue weighted by Crippen LogP contribution is -2.40. The SMILES string of the molecule is Cc1[nH]c(N)c[n+]1CC1CCC1. The first-order valence-corrected chi connectivity index (χ1v) is 4.60. The second-order valence-electron chi connectivity index (χ2n) is 3.74. The number of aryl methyl sites for hydroxylation is 1. The molecule has 3 nitrogen and oxygen atoms in total. The Morgan fingerprint density at radius 2 is 2.42 bits per heavy atom. The summed E-state index contributed by atoms with van der Waals surface area (Å²) in [5.41, 5.74) is 5.64. The Balaban J connectivity index is 2.05. The molecule has 12 heavy (non-hydrogen) atoms. The normalized spacial score (nSPS) is 17.8. The third-order valence-corrected chi connectivity index (χ3v) is 2.73. The summed E-state index contributed by atoms with van der Waals surface area (Å²) in [7, 11) is 0. The first-order chi connectivity index (χ1) is 5.75. The van der Waals surface area contributed by atoms with E-state index in [0.717, 1.165) is 18.3 Å². The Labute approximate surface area is 72.6 Å². The predicted molar refractivity (Wildman–Crippen MR) is 47.5 cm³/mol. The second kappa shape index (κ2) is 2.81. The van der Waals surface area contributed by atoms with Gasteiger partial charge < -0.3 is 5.73 Å². The molecule has 0 unspecified atom stereocenters. The molecular formula is C9H16N3+. The van der Waals surface area contributed by atoms with Crippen LogP contribution in [0.15, 0.2) is 6.20 Å². The van der Waals surface area contributed by atoms with Crippen molar-refractivity contribution in [2.75, 3.05) is 5.73 Å². The highest BCUT2D eigenvalue weighted by molar-refractivity contribution is 5.20. The fraction of sp³-hybridized carbons (Fsp3) is 0.667. The van der Waals surface area contributed by atoms with Gasteiger partial charge in [-0.2, -0.15) is 0 Å². The standard InChI is InChI=1S/C9H15N3/c1-7-11-9(10)6-12(7)5-8-3-2-4-8/h6,8H,2-5,10H2,1H3/p+1. The minimum absolute atomic E-state index is 0.770. The Hall–Kier alpha value is -0.990. The highest BCUT2D eigenvalue weighted by Gasteiger charge is 2.21. The van der Waals surface area contributed by atoms with E-state index in [0.29, 0.717) is 0 Å². The lowest BCUT2D eigenvalue weighted by molar-refractivity contribution is -0.709. The highest BCUT2D eigenvalue weighted by Crippen LogP contribution is 2.26. The molecule has 0 aromatic carbocycles. The van der Waals surface area contributed by atoms with Crippen LogP contribution in [-0.2, 0) is 6.54 Å². The van der Waals surface area contributed by atoms with Crippen molar-refractivity contribution in [3.63, 3.8) is 0 Å². The van der Waals surface area contributed by atoms with Crippen molar-refractivity contribution in [3.05, 3.63) is 12.0 Å². The Morgan fingerprint density at radius 1 is 1.67 bits per heavy atom. The average molecular weight is 166 g/mol. The molecule has 1 heterocycles. The van der Waals surface area contributed by atoms with Gasteiger partial charge in [-0.3, -0.25) is 0 Å². The summed E-state index contributed by atoms with van der Waals surface area (Å²) in [6, 6.07) is 0. The van der Waals surface area contributed by atoms with Gasteiger partial charge >= 0.3 is 0 Å². The summed E-state index contributed by atoms with van der Waals surface area (Å²) in [6.07, 6.45) is 6.17. The van der Waals surface area contributed by atoms with Crippen LogP contribution in [0.2, 0.25) is 0 Å². The Kier molecular flexibility index (Phi) is 1.79. The number of hydrogen-bond acceptors (Lipinski definition) is 1. The molecule has 1 aliphatic carbocycles. The maximum atomic E-state index is 5.64. The van der Waals surface area contributed by atoms with Crippen LogP contribution in [0.4, 0.5) is 5.82 Å². The third kappa shape index (κ3) is 1.31. The van der Waals surface area contributed by atoms with E-state index in [-0.39, 0.29) is 0 Å². The van der Waals surface area contributed by atoms with Gasteiger partial charge in [-0.15, -0.1) is 0 Å². The van der Waals surface area contributed by atoms with Gasteiger partial charge in [0.05, 0.1) is 6.54 Å². The van der Waals surface area contributed by atoms with Gasteiger partial charge in [-0.05, 0) is 18.8 Å². The number of nitrogens with two attached hydrogens (primary N) is 1. The number of imidazole rings is 1. The summed E-state index contributed by atoms with van der Waals surface area (Å²) in [4.78, 5) is 3.10. The number of nitrogens with one attached hydrogen (secondary N) is 1. The Bertz CT molecular complexity index is 273.